The molecule has 2 heterocycles. The van der Waals surface area contributed by atoms with Gasteiger partial charge in [0, 0.05) is 23.8 Å². The van der Waals surface area contributed by atoms with Crippen LogP contribution in [0, 0.1) is 4.78 Å². The Morgan fingerprint density at radius 1 is 1.34 bits per heavy atom. The van der Waals surface area contributed by atoms with Crippen LogP contribution in [-0.2, 0) is 22.1 Å². The van der Waals surface area contributed by atoms with E-state index in [0.717, 1.165) is 0 Å². The number of anilines is 1. The quantitative estimate of drug-likeness (QED) is 0.805. The zero-order valence-electron chi connectivity index (χ0n) is 16.2. The number of nitrogens with one attached hydrogen (secondary N) is 1. The molecule has 1 N–H and O–H groups in total. The van der Waals surface area contributed by atoms with E-state index in [1.165, 1.54) is 19.4 Å². The number of alkyl halides is 3. The molecule has 1 aromatic heterocycles. The molecule has 0 radical (unpaired) electrons. The lowest BCUT2D eigenvalue weighted by Gasteiger charge is -2.42. The van der Waals surface area contributed by atoms with E-state index in [1.807, 2.05) is 0 Å². The van der Waals surface area contributed by atoms with Gasteiger partial charge in [0.15, 0.2) is 0 Å². The fourth-order valence-electron chi connectivity index (χ4n) is 3.74. The van der Waals surface area contributed by atoms with Crippen LogP contribution in [0.3, 0.4) is 0 Å². The Balaban J connectivity index is 1.91. The maximum Gasteiger partial charge on any atom is 0.290 e. The van der Waals surface area contributed by atoms with Crippen LogP contribution in [0.25, 0.3) is 11.3 Å². The number of ether oxygens (including phenoxy) is 1. The monoisotopic (exact) mass is 426 g/mol. The van der Waals surface area contributed by atoms with Crippen molar-refractivity contribution in [3.05, 3.63) is 29.5 Å². The lowest BCUT2D eigenvalue weighted by atomic mass is 10.0. The molecule has 0 saturated carbocycles. The Kier molecular flexibility index (Phi) is 4.52. The van der Waals surface area contributed by atoms with Gasteiger partial charge in [-0.3, -0.25) is 0 Å². The number of rotatable bonds is 4. The summed E-state index contributed by atoms with van der Waals surface area (Å²) < 4.78 is 68.1. The van der Waals surface area contributed by atoms with E-state index in [0.29, 0.717) is 16.8 Å². The first-order chi connectivity index (χ1) is 13.5. The normalized spacial score (nSPS) is 24.6. The van der Waals surface area contributed by atoms with Gasteiger partial charge in [0.1, 0.15) is 17.6 Å². The smallest absolute Gasteiger partial charge is 0.290 e. The van der Waals surface area contributed by atoms with Crippen LogP contribution in [0.15, 0.2) is 23.1 Å². The number of nitrogens with zero attached hydrogens (tertiary/aromatic N) is 3. The first kappa shape index (κ1) is 19.9. The number of halogens is 3. The van der Waals surface area contributed by atoms with E-state index in [-0.39, 0.29) is 41.7 Å². The maximum atomic E-state index is 14.5. The highest BCUT2D eigenvalue weighted by atomic mass is 32.2. The second kappa shape index (κ2) is 6.58. The number of benzene rings is 1. The number of aromatic nitrogens is 2. The molecule has 1 aliphatic heterocycles. The minimum atomic E-state index is -3.13. The van der Waals surface area contributed by atoms with Crippen LogP contribution in [0.5, 0.6) is 5.75 Å². The maximum absolute atomic E-state index is 14.5. The Labute approximate surface area is 167 Å². The van der Waals surface area contributed by atoms with Crippen LogP contribution in [0.4, 0.5) is 19.1 Å². The number of hydrogen-bond acceptors (Lipinski definition) is 6. The molecular weight excluding hydrogens is 405 g/mol. The van der Waals surface area contributed by atoms with Crippen LogP contribution < -0.4 is 9.64 Å². The summed E-state index contributed by atoms with van der Waals surface area (Å²) in [6, 6.07) is 4.18. The zero-order valence-corrected chi connectivity index (χ0v) is 17.0. The van der Waals surface area contributed by atoms with Gasteiger partial charge in [-0.1, -0.05) is 0 Å². The van der Waals surface area contributed by atoms with Gasteiger partial charge in [0.05, 0.1) is 40.0 Å². The lowest BCUT2D eigenvalue weighted by molar-refractivity contribution is -0.00598. The van der Waals surface area contributed by atoms with Gasteiger partial charge in [0.2, 0.25) is 5.95 Å². The zero-order chi connectivity index (χ0) is 21.1. The number of hydrogen-bond donors (Lipinski definition) is 1. The van der Waals surface area contributed by atoms with E-state index in [1.54, 1.807) is 24.0 Å². The van der Waals surface area contributed by atoms with Gasteiger partial charge in [-0.25, -0.2) is 23.3 Å². The van der Waals surface area contributed by atoms with Gasteiger partial charge in [-0.2, -0.15) is 8.78 Å². The van der Waals surface area contributed by atoms with E-state index < -0.39 is 27.9 Å². The molecule has 3 atom stereocenters. The molecule has 6 nitrogen and oxygen atoms in total. The van der Waals surface area contributed by atoms with Crippen molar-refractivity contribution in [2.45, 2.75) is 42.8 Å². The molecule has 0 spiro atoms. The highest BCUT2D eigenvalue weighted by molar-refractivity contribution is 7.91. The molecule has 0 amide bonds. The third-order valence-corrected chi connectivity index (χ3v) is 6.69. The molecule has 1 saturated heterocycles. The number of fused-ring (bicyclic) bond motifs is 1. The van der Waals surface area contributed by atoms with Crippen LogP contribution in [0.2, 0.25) is 0 Å². The van der Waals surface area contributed by atoms with Gasteiger partial charge < -0.3 is 9.64 Å². The molecule has 2 aliphatic rings. The first-order valence-electron chi connectivity index (χ1n) is 9.15. The topological polar surface area (TPSA) is 79.2 Å². The van der Waals surface area contributed by atoms with Crippen molar-refractivity contribution in [3.63, 3.8) is 0 Å². The summed E-state index contributed by atoms with van der Waals surface area (Å²) in [5.74, 6) is -2.75. The summed E-state index contributed by atoms with van der Waals surface area (Å²) in [4.78, 5) is 10.3. The first-order valence-corrected chi connectivity index (χ1v) is 11.1. The second-order valence-corrected chi connectivity index (χ2v) is 9.65. The number of methoxy groups -OCH3 is 1. The fraction of sp³-hybridized carbons (Fsp3) is 0.474. The summed E-state index contributed by atoms with van der Waals surface area (Å²) in [5, 5.41) is 0. The Morgan fingerprint density at radius 3 is 2.66 bits per heavy atom. The average Bonchev–Trinajstić information content (AvgIpc) is 2.98. The predicted molar refractivity (Wildman–Crippen MR) is 103 cm³/mol. The fourth-order valence-corrected chi connectivity index (χ4v) is 4.62. The average molecular weight is 426 g/mol. The van der Waals surface area contributed by atoms with Crippen molar-refractivity contribution >= 4 is 15.7 Å². The van der Waals surface area contributed by atoms with Crippen molar-refractivity contribution in [2.75, 3.05) is 24.8 Å². The lowest BCUT2D eigenvalue weighted by Crippen LogP contribution is -2.57. The van der Waals surface area contributed by atoms with E-state index in [9.17, 15) is 17.4 Å². The van der Waals surface area contributed by atoms with Crippen LogP contribution in [0.1, 0.15) is 24.6 Å². The standard InChI is InChI=1S/C19H21F3N4O2S/c1-10-13(20)9-26(10)18-24-16(12-6-7-19(21,22)17(12)25-18)11-4-5-14(28-2)15(8-11)29(3,23)27/h4-5,8,10,13,23H,6-7,9H2,1-3H3/t10-,13-,29-/m0/s1. The largest absolute Gasteiger partial charge is 0.495 e. The molecule has 0 unspecified atom stereocenters. The summed E-state index contributed by atoms with van der Waals surface area (Å²) in [6.45, 7) is 1.70. The molecule has 1 aromatic carbocycles. The Hall–Kier alpha value is -2.36. The van der Waals surface area contributed by atoms with E-state index >= 15 is 0 Å². The summed E-state index contributed by atoms with van der Waals surface area (Å²) in [5.41, 5.74) is 0.731. The Morgan fingerprint density at radius 2 is 2.07 bits per heavy atom. The molecule has 1 fully saturated rings. The third kappa shape index (κ3) is 3.23. The van der Waals surface area contributed by atoms with Gasteiger partial charge in [-0.05, 0) is 31.5 Å². The van der Waals surface area contributed by atoms with Crippen LogP contribution >= 0.6 is 0 Å². The SMILES string of the molecule is COc1ccc(-c2nc(N3C[C@H](F)[C@@H]3C)nc3c2CCC3(F)F)cc1[S@@](C)(=N)=O. The van der Waals surface area contributed by atoms with Crippen molar-refractivity contribution < 1.29 is 22.1 Å². The summed E-state index contributed by atoms with van der Waals surface area (Å²) in [6.07, 6.45) is -0.0673. The van der Waals surface area contributed by atoms with Crippen molar-refractivity contribution in [2.24, 2.45) is 0 Å². The molecule has 1 aliphatic carbocycles. The molecular formula is C19H21F3N4O2S. The summed E-state index contributed by atoms with van der Waals surface area (Å²) in [7, 11) is -1.72. The highest BCUT2D eigenvalue weighted by Crippen LogP contribution is 2.45. The molecule has 29 heavy (non-hydrogen) atoms. The van der Waals surface area contributed by atoms with Crippen molar-refractivity contribution in [3.8, 4) is 17.0 Å². The molecule has 10 heteroatoms. The van der Waals surface area contributed by atoms with E-state index in [2.05, 4.69) is 9.97 Å². The van der Waals surface area contributed by atoms with Gasteiger partial charge in [0.25, 0.3) is 5.92 Å². The van der Waals surface area contributed by atoms with Gasteiger partial charge >= 0.3 is 0 Å². The minimum absolute atomic E-state index is 0.0499. The molecule has 0 bridgehead atoms. The van der Waals surface area contributed by atoms with Crippen molar-refractivity contribution in [1.82, 2.24) is 9.97 Å². The molecule has 4 rings (SSSR count). The second-order valence-electron chi connectivity index (χ2n) is 7.52. The van der Waals surface area contributed by atoms with Crippen LogP contribution in [-0.4, -0.2) is 46.3 Å². The predicted octanol–water partition coefficient (Wildman–Crippen LogP) is 3.77. The highest BCUT2D eigenvalue weighted by Gasteiger charge is 2.45. The minimum Gasteiger partial charge on any atom is -0.495 e. The molecule has 156 valence electrons. The van der Waals surface area contributed by atoms with Crippen molar-refractivity contribution in [1.29, 1.82) is 4.78 Å². The Bertz CT molecular complexity index is 1090. The van der Waals surface area contributed by atoms with Gasteiger partial charge in [-0.15, -0.1) is 0 Å². The van der Waals surface area contributed by atoms with E-state index in [4.69, 9.17) is 9.52 Å². The molecule has 2 aromatic rings. The third-order valence-electron chi connectivity index (χ3n) is 5.53. The summed E-state index contributed by atoms with van der Waals surface area (Å²) >= 11 is 0.